The first kappa shape index (κ1) is 17.3. The van der Waals surface area contributed by atoms with E-state index in [2.05, 4.69) is 64.9 Å². The molecule has 142 valence electrons. The molecule has 0 spiro atoms. The first-order valence-electron chi connectivity index (χ1n) is 9.53. The molecule has 0 atom stereocenters. The van der Waals surface area contributed by atoms with Crippen molar-refractivity contribution >= 4 is 27.2 Å². The molecule has 5 aromatic rings. The molecule has 1 N–H and O–H groups in total. The van der Waals surface area contributed by atoms with Gasteiger partial charge < -0.3 is 14.5 Å². The molecule has 0 aliphatic rings. The third-order valence-electron chi connectivity index (χ3n) is 5.25. The van der Waals surface area contributed by atoms with Gasteiger partial charge in [-0.1, -0.05) is 48.5 Å². The van der Waals surface area contributed by atoms with Crippen molar-refractivity contribution in [3.8, 4) is 17.1 Å². The minimum absolute atomic E-state index is 0.688. The second kappa shape index (κ2) is 7.32. The quantitative estimate of drug-likeness (QED) is 0.365. The Morgan fingerprint density at radius 3 is 2.28 bits per heavy atom. The van der Waals surface area contributed by atoms with Crippen molar-refractivity contribution in [3.05, 3.63) is 91.0 Å². The van der Waals surface area contributed by atoms with Gasteiger partial charge in [0.05, 0.1) is 18.9 Å². The van der Waals surface area contributed by atoms with Gasteiger partial charge in [0.1, 0.15) is 5.75 Å². The number of hydrogen-bond donors (Lipinski definition) is 1. The molecule has 0 amide bonds. The maximum atomic E-state index is 5.57. The predicted octanol–water partition coefficient (Wildman–Crippen LogP) is 6.27. The van der Waals surface area contributed by atoms with Gasteiger partial charge in [0.2, 0.25) is 0 Å². The fourth-order valence-electron chi connectivity index (χ4n) is 3.84. The van der Waals surface area contributed by atoms with E-state index >= 15 is 0 Å². The van der Waals surface area contributed by atoms with Crippen molar-refractivity contribution in [2.24, 2.45) is 0 Å². The van der Waals surface area contributed by atoms with Crippen molar-refractivity contribution < 1.29 is 9.15 Å². The first-order valence-corrected chi connectivity index (χ1v) is 9.53. The lowest BCUT2D eigenvalue weighted by Crippen LogP contribution is -2.02. The Kier molecular flexibility index (Phi) is 4.37. The fraction of sp³-hybridized carbons (Fsp3) is 0.0800. The summed E-state index contributed by atoms with van der Waals surface area (Å²) in [5.41, 5.74) is 3.16. The second-order valence-electron chi connectivity index (χ2n) is 6.93. The van der Waals surface area contributed by atoms with Crippen molar-refractivity contribution in [1.29, 1.82) is 0 Å². The highest BCUT2D eigenvalue weighted by molar-refractivity contribution is 6.02. The summed E-state index contributed by atoms with van der Waals surface area (Å²) in [5.74, 6) is 1.43. The van der Waals surface area contributed by atoms with E-state index in [4.69, 9.17) is 9.15 Å². The zero-order valence-corrected chi connectivity index (χ0v) is 16.1. The average molecular weight is 380 g/mol. The Bertz CT molecular complexity index is 1240. The Labute approximate surface area is 168 Å². The van der Waals surface area contributed by atoms with E-state index in [1.54, 1.807) is 13.3 Å². The van der Waals surface area contributed by atoms with E-state index in [1.165, 1.54) is 33.5 Å². The highest BCUT2D eigenvalue weighted by Gasteiger charge is 2.11. The van der Waals surface area contributed by atoms with Gasteiger partial charge in [-0.2, -0.15) is 0 Å². The van der Waals surface area contributed by atoms with E-state index in [9.17, 15) is 0 Å². The number of oxazole rings is 1. The summed E-state index contributed by atoms with van der Waals surface area (Å²) in [4.78, 5) is 3.99. The van der Waals surface area contributed by atoms with E-state index in [1.807, 2.05) is 18.2 Å². The molecular weight excluding hydrogens is 360 g/mol. The van der Waals surface area contributed by atoms with Gasteiger partial charge in [-0.25, -0.2) is 4.98 Å². The van der Waals surface area contributed by atoms with Gasteiger partial charge in [0.15, 0.2) is 12.2 Å². The molecule has 0 saturated carbocycles. The maximum Gasteiger partial charge on any atom is 0.181 e. The Morgan fingerprint density at radius 1 is 0.897 bits per heavy atom. The van der Waals surface area contributed by atoms with Crippen molar-refractivity contribution in [2.45, 2.75) is 6.54 Å². The lowest BCUT2D eigenvalue weighted by molar-refractivity contribution is 0.415. The molecule has 5 rings (SSSR count). The molecule has 0 aliphatic carbocycles. The molecule has 0 unspecified atom stereocenters. The molecule has 0 saturated heterocycles. The summed E-state index contributed by atoms with van der Waals surface area (Å²) >= 11 is 0. The van der Waals surface area contributed by atoms with E-state index in [0.717, 1.165) is 17.0 Å². The third-order valence-corrected chi connectivity index (χ3v) is 5.25. The van der Waals surface area contributed by atoms with Gasteiger partial charge in [-0.3, -0.25) is 0 Å². The lowest BCUT2D eigenvalue weighted by atomic mass is 9.96. The predicted molar refractivity (Wildman–Crippen MR) is 117 cm³/mol. The molecule has 0 fully saturated rings. The highest BCUT2D eigenvalue weighted by atomic mass is 16.5. The SMILES string of the molecule is COc1cc(NCc2c3ccccc3cc3ccccc23)ccc1-c1cnco1. The second-order valence-corrected chi connectivity index (χ2v) is 6.93. The van der Waals surface area contributed by atoms with Gasteiger partial charge in [-0.15, -0.1) is 0 Å². The summed E-state index contributed by atoms with van der Waals surface area (Å²) in [6, 6.07) is 25.3. The van der Waals surface area contributed by atoms with E-state index in [0.29, 0.717) is 12.3 Å². The van der Waals surface area contributed by atoms with Gasteiger partial charge in [0, 0.05) is 18.3 Å². The minimum Gasteiger partial charge on any atom is -0.496 e. The van der Waals surface area contributed by atoms with E-state index < -0.39 is 0 Å². The minimum atomic E-state index is 0.688. The molecule has 0 bridgehead atoms. The molecule has 4 nitrogen and oxygen atoms in total. The van der Waals surface area contributed by atoms with E-state index in [-0.39, 0.29) is 0 Å². The summed E-state index contributed by atoms with van der Waals surface area (Å²) in [5, 5.41) is 8.60. The summed E-state index contributed by atoms with van der Waals surface area (Å²) in [6.45, 7) is 0.715. The molecule has 0 aliphatic heterocycles. The molecule has 4 heteroatoms. The van der Waals surface area contributed by atoms with Crippen LogP contribution in [-0.4, -0.2) is 12.1 Å². The number of nitrogens with zero attached hydrogens (tertiary/aromatic N) is 1. The van der Waals surface area contributed by atoms with Crippen LogP contribution in [0.2, 0.25) is 0 Å². The third kappa shape index (κ3) is 3.19. The van der Waals surface area contributed by atoms with Crippen LogP contribution in [0, 0.1) is 0 Å². The molecular formula is C25H20N2O2. The molecule has 0 radical (unpaired) electrons. The monoisotopic (exact) mass is 380 g/mol. The number of nitrogens with one attached hydrogen (secondary N) is 1. The molecule has 29 heavy (non-hydrogen) atoms. The van der Waals surface area contributed by atoms with Crippen LogP contribution in [0.25, 0.3) is 32.9 Å². The van der Waals surface area contributed by atoms with Crippen LogP contribution in [-0.2, 0) is 6.54 Å². The normalized spacial score (nSPS) is 11.1. The lowest BCUT2D eigenvalue weighted by Gasteiger charge is -2.14. The molecule has 1 aromatic heterocycles. The van der Waals surface area contributed by atoms with Crippen LogP contribution in [0.5, 0.6) is 5.75 Å². The van der Waals surface area contributed by atoms with Crippen LogP contribution in [0.4, 0.5) is 5.69 Å². The smallest absolute Gasteiger partial charge is 0.181 e. The van der Waals surface area contributed by atoms with Crippen molar-refractivity contribution in [1.82, 2.24) is 4.98 Å². The maximum absolute atomic E-state index is 5.57. The van der Waals surface area contributed by atoms with Crippen LogP contribution < -0.4 is 10.1 Å². The number of anilines is 1. The van der Waals surface area contributed by atoms with Crippen molar-refractivity contribution in [3.63, 3.8) is 0 Å². The number of rotatable bonds is 5. The van der Waals surface area contributed by atoms with Crippen LogP contribution in [0.15, 0.2) is 89.8 Å². The summed E-state index contributed by atoms with van der Waals surface area (Å²) in [7, 11) is 1.66. The number of ether oxygens (including phenoxy) is 1. The number of hydrogen-bond acceptors (Lipinski definition) is 4. The number of methoxy groups -OCH3 is 1. The van der Waals surface area contributed by atoms with Gasteiger partial charge >= 0.3 is 0 Å². The van der Waals surface area contributed by atoms with Gasteiger partial charge in [0.25, 0.3) is 0 Å². The number of aromatic nitrogens is 1. The first-order chi connectivity index (χ1) is 14.3. The standard InChI is InChI=1S/C25H20N2O2/c1-28-24-13-19(10-11-22(24)25-15-26-16-29-25)27-14-23-20-8-4-2-6-17(20)12-18-7-3-5-9-21(18)23/h2-13,15-16,27H,14H2,1H3. The van der Waals surface area contributed by atoms with Crippen LogP contribution in [0.1, 0.15) is 5.56 Å². The van der Waals surface area contributed by atoms with Gasteiger partial charge in [-0.05, 0) is 45.3 Å². The largest absolute Gasteiger partial charge is 0.496 e. The Hall–Kier alpha value is -3.79. The van der Waals surface area contributed by atoms with Crippen molar-refractivity contribution in [2.75, 3.05) is 12.4 Å². The highest BCUT2D eigenvalue weighted by Crippen LogP contribution is 2.33. The number of fused-ring (bicyclic) bond motifs is 2. The van der Waals surface area contributed by atoms with Crippen LogP contribution in [0.3, 0.4) is 0 Å². The Balaban J connectivity index is 1.52. The Morgan fingerprint density at radius 2 is 1.62 bits per heavy atom. The average Bonchev–Trinajstić information content (AvgIpc) is 3.31. The number of benzene rings is 4. The molecule has 1 heterocycles. The topological polar surface area (TPSA) is 47.3 Å². The zero-order valence-electron chi connectivity index (χ0n) is 16.1. The fourth-order valence-corrected chi connectivity index (χ4v) is 3.84. The summed E-state index contributed by atoms with van der Waals surface area (Å²) in [6.07, 6.45) is 3.11. The summed E-state index contributed by atoms with van der Waals surface area (Å²) < 4.78 is 11.0. The zero-order chi connectivity index (χ0) is 19.6. The van der Waals surface area contributed by atoms with Crippen LogP contribution >= 0.6 is 0 Å². The molecule has 4 aromatic carbocycles.